The maximum atomic E-state index is 12.6. The van der Waals surface area contributed by atoms with Crippen molar-refractivity contribution < 1.29 is 13.2 Å². The Morgan fingerprint density at radius 2 is 2.21 bits per heavy atom. The maximum absolute atomic E-state index is 12.6. The average Bonchev–Trinajstić information content (AvgIpc) is 3.35. The van der Waals surface area contributed by atoms with Gasteiger partial charge in [-0.05, 0) is 31.2 Å². The van der Waals surface area contributed by atoms with E-state index in [0.29, 0.717) is 23.9 Å². The number of aromatic nitrogens is 3. The van der Waals surface area contributed by atoms with Crippen LogP contribution in [0.4, 0.5) is 13.2 Å². The molecule has 0 aromatic carbocycles. The summed E-state index contributed by atoms with van der Waals surface area (Å²) in [6, 6.07) is 0. The van der Waals surface area contributed by atoms with Crippen molar-refractivity contribution in [1.82, 2.24) is 25.0 Å². The monoisotopic (exact) mass is 542 g/mol. The Morgan fingerprint density at radius 3 is 2.83 bits per heavy atom. The molecule has 1 atom stereocenters. The van der Waals surface area contributed by atoms with Crippen molar-refractivity contribution >= 4 is 41.3 Å². The van der Waals surface area contributed by atoms with E-state index in [-0.39, 0.29) is 24.0 Å². The van der Waals surface area contributed by atoms with Gasteiger partial charge >= 0.3 is 6.18 Å². The number of aryl methyl sites for hydroxylation is 1. The molecule has 29 heavy (non-hydrogen) atoms. The summed E-state index contributed by atoms with van der Waals surface area (Å²) < 4.78 is 39.8. The molecule has 1 fully saturated rings. The predicted molar refractivity (Wildman–Crippen MR) is 119 cm³/mol. The quantitative estimate of drug-likeness (QED) is 0.345. The number of aliphatic imine (C=N–C) groups is 1. The summed E-state index contributed by atoms with van der Waals surface area (Å²) in [5.41, 5.74) is 0.418. The van der Waals surface area contributed by atoms with Gasteiger partial charge in [-0.25, -0.2) is 4.98 Å². The van der Waals surface area contributed by atoms with E-state index in [1.165, 1.54) is 5.56 Å². The highest BCUT2D eigenvalue weighted by atomic mass is 127. The minimum atomic E-state index is -4.38. The number of rotatable bonds is 6. The second-order valence-corrected chi connectivity index (χ2v) is 7.88. The van der Waals surface area contributed by atoms with E-state index in [4.69, 9.17) is 0 Å². The van der Waals surface area contributed by atoms with Crippen LogP contribution in [0.25, 0.3) is 0 Å². The number of hydrogen-bond donors (Lipinski definition) is 1. The third-order valence-corrected chi connectivity index (χ3v) is 5.54. The fraction of sp³-hybridized carbons (Fsp3) is 0.611. The van der Waals surface area contributed by atoms with Crippen LogP contribution in [0.1, 0.15) is 29.6 Å². The predicted octanol–water partition coefficient (Wildman–Crippen LogP) is 3.59. The summed E-state index contributed by atoms with van der Waals surface area (Å²) >= 11 is 1.04. The highest BCUT2D eigenvalue weighted by molar-refractivity contribution is 14.0. The van der Waals surface area contributed by atoms with Crippen LogP contribution in [0, 0.1) is 5.92 Å². The molecular formula is C18H26F3IN6S. The number of thiazole rings is 1. The van der Waals surface area contributed by atoms with Gasteiger partial charge in [0.25, 0.3) is 0 Å². The van der Waals surface area contributed by atoms with Crippen LogP contribution in [-0.2, 0) is 26.1 Å². The molecule has 3 rings (SSSR count). The molecule has 2 aromatic heterocycles. The van der Waals surface area contributed by atoms with Gasteiger partial charge in [-0.3, -0.25) is 9.67 Å². The number of alkyl halides is 3. The zero-order valence-electron chi connectivity index (χ0n) is 16.4. The minimum absolute atomic E-state index is 0. The van der Waals surface area contributed by atoms with Gasteiger partial charge in [0.1, 0.15) is 0 Å². The third kappa shape index (κ3) is 6.83. The van der Waals surface area contributed by atoms with E-state index < -0.39 is 11.9 Å². The molecule has 3 heterocycles. The first-order valence-electron chi connectivity index (χ1n) is 9.37. The normalized spacial score (nSPS) is 17.5. The lowest BCUT2D eigenvalue weighted by Crippen LogP contribution is -2.40. The zero-order chi connectivity index (χ0) is 20.1. The Morgan fingerprint density at radius 1 is 1.41 bits per heavy atom. The largest absolute Gasteiger partial charge is 0.434 e. The lowest BCUT2D eigenvalue weighted by molar-refractivity contribution is -0.140. The van der Waals surface area contributed by atoms with Crippen molar-refractivity contribution in [3.8, 4) is 0 Å². The summed E-state index contributed by atoms with van der Waals surface area (Å²) in [5, 5.41) is 9.04. The summed E-state index contributed by atoms with van der Waals surface area (Å²) in [7, 11) is 1.92. The molecule has 11 heteroatoms. The van der Waals surface area contributed by atoms with Gasteiger partial charge in [0.2, 0.25) is 0 Å². The number of hydrogen-bond acceptors (Lipinski definition) is 4. The molecule has 1 aliphatic heterocycles. The van der Waals surface area contributed by atoms with Crippen molar-refractivity contribution in [2.45, 2.75) is 32.4 Å². The fourth-order valence-electron chi connectivity index (χ4n) is 3.34. The average molecular weight is 542 g/mol. The van der Waals surface area contributed by atoms with Crippen LogP contribution >= 0.6 is 35.3 Å². The maximum Gasteiger partial charge on any atom is 0.434 e. The van der Waals surface area contributed by atoms with E-state index >= 15 is 0 Å². The van der Waals surface area contributed by atoms with Crippen LogP contribution in [0.3, 0.4) is 0 Å². The number of likely N-dealkylation sites (tertiary alicyclic amines) is 1. The standard InChI is InChI=1S/C18H25F3N6S.HI/c1-3-22-17(23-6-4-16-25-15(12-28-16)18(19,20)21)27-7-5-13(11-27)8-14-9-24-26(2)10-14;/h9-10,12-13H,3-8,11H2,1-2H3,(H,22,23);1H. The van der Waals surface area contributed by atoms with Crippen LogP contribution in [-0.4, -0.2) is 51.8 Å². The van der Waals surface area contributed by atoms with Gasteiger partial charge in [-0.2, -0.15) is 18.3 Å². The molecule has 0 radical (unpaired) electrons. The molecule has 1 saturated heterocycles. The lowest BCUT2D eigenvalue weighted by atomic mass is 10.0. The molecule has 2 aromatic rings. The molecule has 1 N–H and O–H groups in total. The summed E-state index contributed by atoms with van der Waals surface area (Å²) in [6.07, 6.45) is 2.05. The summed E-state index contributed by atoms with van der Waals surface area (Å²) in [6.45, 7) is 5.01. The van der Waals surface area contributed by atoms with Crippen LogP contribution in [0.2, 0.25) is 0 Å². The molecule has 6 nitrogen and oxygen atoms in total. The van der Waals surface area contributed by atoms with E-state index in [1.54, 1.807) is 0 Å². The van der Waals surface area contributed by atoms with Gasteiger partial charge in [0.05, 0.1) is 11.2 Å². The molecule has 0 aliphatic carbocycles. The van der Waals surface area contributed by atoms with E-state index in [2.05, 4.69) is 25.3 Å². The first kappa shape index (κ1) is 23.9. The molecule has 162 valence electrons. The van der Waals surface area contributed by atoms with Gasteiger partial charge < -0.3 is 10.2 Å². The first-order chi connectivity index (χ1) is 13.3. The Balaban J connectivity index is 0.00000300. The minimum Gasteiger partial charge on any atom is -0.357 e. The highest BCUT2D eigenvalue weighted by Gasteiger charge is 2.33. The molecule has 0 saturated carbocycles. The van der Waals surface area contributed by atoms with Gasteiger partial charge in [0.15, 0.2) is 11.7 Å². The summed E-state index contributed by atoms with van der Waals surface area (Å²) in [5.74, 6) is 1.37. The first-order valence-corrected chi connectivity index (χ1v) is 10.3. The van der Waals surface area contributed by atoms with Crippen LogP contribution < -0.4 is 5.32 Å². The van der Waals surface area contributed by atoms with Crippen molar-refractivity contribution in [3.05, 3.63) is 34.0 Å². The number of guanidine groups is 1. The topological polar surface area (TPSA) is 58.3 Å². The zero-order valence-corrected chi connectivity index (χ0v) is 19.6. The van der Waals surface area contributed by atoms with E-state index in [9.17, 15) is 13.2 Å². The van der Waals surface area contributed by atoms with E-state index in [1.807, 2.05) is 31.0 Å². The Labute approximate surface area is 189 Å². The van der Waals surface area contributed by atoms with Crippen molar-refractivity contribution in [1.29, 1.82) is 0 Å². The Hall–Kier alpha value is -1.37. The lowest BCUT2D eigenvalue weighted by Gasteiger charge is -2.21. The molecule has 1 aliphatic rings. The second-order valence-electron chi connectivity index (χ2n) is 6.94. The van der Waals surface area contributed by atoms with Crippen LogP contribution in [0.5, 0.6) is 0 Å². The van der Waals surface area contributed by atoms with Gasteiger partial charge in [-0.15, -0.1) is 35.3 Å². The Kier molecular flexibility index (Phi) is 8.73. The van der Waals surface area contributed by atoms with Crippen molar-refractivity contribution in [3.63, 3.8) is 0 Å². The van der Waals surface area contributed by atoms with Gasteiger partial charge in [-0.1, -0.05) is 0 Å². The second kappa shape index (κ2) is 10.6. The number of halogens is 4. The number of nitrogens with one attached hydrogen (secondary N) is 1. The molecule has 1 unspecified atom stereocenters. The van der Waals surface area contributed by atoms with Crippen LogP contribution in [0.15, 0.2) is 22.8 Å². The highest BCUT2D eigenvalue weighted by Crippen LogP contribution is 2.30. The van der Waals surface area contributed by atoms with Crippen molar-refractivity contribution in [2.24, 2.45) is 18.0 Å². The smallest absolute Gasteiger partial charge is 0.357 e. The van der Waals surface area contributed by atoms with E-state index in [0.717, 1.165) is 55.2 Å². The SMILES string of the molecule is CCNC(=NCCc1nc(C(F)(F)F)cs1)N1CCC(Cc2cnn(C)c2)C1.I. The molecule has 0 spiro atoms. The summed E-state index contributed by atoms with van der Waals surface area (Å²) in [4.78, 5) is 10.5. The van der Waals surface area contributed by atoms with Gasteiger partial charge in [0, 0.05) is 51.2 Å². The molecule has 0 bridgehead atoms. The van der Waals surface area contributed by atoms with Crippen molar-refractivity contribution in [2.75, 3.05) is 26.2 Å². The molecule has 0 amide bonds. The third-order valence-electron chi connectivity index (χ3n) is 4.63. The fourth-order valence-corrected chi connectivity index (χ4v) is 4.14. The molecular weight excluding hydrogens is 516 g/mol. The Bertz CT molecular complexity index is 804. The number of nitrogens with zero attached hydrogens (tertiary/aromatic N) is 5.